The first-order valence-corrected chi connectivity index (χ1v) is 8.92. The fraction of sp³-hybridized carbons (Fsp3) is 0.375. The van der Waals surface area contributed by atoms with Gasteiger partial charge in [0, 0.05) is 24.7 Å². The number of aryl methyl sites for hydroxylation is 1. The zero-order valence-corrected chi connectivity index (χ0v) is 13.6. The Balaban J connectivity index is 1.96. The van der Waals surface area contributed by atoms with Crippen LogP contribution >= 0.6 is 0 Å². The molecule has 1 aromatic carbocycles. The van der Waals surface area contributed by atoms with Gasteiger partial charge < -0.3 is 5.11 Å². The maximum Gasteiger partial charge on any atom is 0.306 e. The third kappa shape index (κ3) is 2.94. The number of carboxylic acid groups (broad SMARTS) is 1. The number of piperidine rings is 1. The summed E-state index contributed by atoms with van der Waals surface area (Å²) in [5.74, 6) is -1.32. The summed E-state index contributed by atoms with van der Waals surface area (Å²) in [7, 11) is -3.67. The van der Waals surface area contributed by atoms with Gasteiger partial charge in [0.1, 0.15) is 4.90 Å². The van der Waals surface area contributed by atoms with Gasteiger partial charge in [0.05, 0.1) is 11.4 Å². The van der Waals surface area contributed by atoms with E-state index in [0.717, 1.165) is 10.9 Å². The molecule has 7 heteroatoms. The molecule has 3 rings (SSSR count). The molecule has 0 amide bonds. The Morgan fingerprint density at radius 1 is 1.30 bits per heavy atom. The Morgan fingerprint density at radius 3 is 2.65 bits per heavy atom. The number of nitrogens with zero attached hydrogens (tertiary/aromatic N) is 2. The fourth-order valence-corrected chi connectivity index (χ4v) is 4.57. The molecule has 122 valence electrons. The van der Waals surface area contributed by atoms with Gasteiger partial charge in [-0.3, -0.25) is 9.78 Å². The second-order valence-corrected chi connectivity index (χ2v) is 7.76. The van der Waals surface area contributed by atoms with Gasteiger partial charge >= 0.3 is 5.97 Å². The molecular weight excluding hydrogens is 316 g/mol. The number of hydrogen-bond acceptors (Lipinski definition) is 4. The van der Waals surface area contributed by atoms with Gasteiger partial charge in [-0.15, -0.1) is 0 Å². The number of carboxylic acids is 1. The molecule has 0 atom stereocenters. The van der Waals surface area contributed by atoms with E-state index in [9.17, 15) is 13.2 Å². The van der Waals surface area contributed by atoms with E-state index >= 15 is 0 Å². The lowest BCUT2D eigenvalue weighted by Crippen LogP contribution is -2.40. The number of benzene rings is 1. The van der Waals surface area contributed by atoms with Gasteiger partial charge in [-0.2, -0.15) is 4.31 Å². The van der Waals surface area contributed by atoms with Crippen LogP contribution in [-0.2, 0) is 14.8 Å². The van der Waals surface area contributed by atoms with Crippen molar-refractivity contribution in [1.82, 2.24) is 9.29 Å². The predicted molar refractivity (Wildman–Crippen MR) is 85.6 cm³/mol. The van der Waals surface area contributed by atoms with Crippen LogP contribution < -0.4 is 0 Å². The van der Waals surface area contributed by atoms with Crippen LogP contribution in [0, 0.1) is 12.8 Å². The van der Waals surface area contributed by atoms with Gasteiger partial charge in [0.15, 0.2) is 0 Å². The molecule has 23 heavy (non-hydrogen) atoms. The average molecular weight is 334 g/mol. The molecule has 1 aliphatic heterocycles. The van der Waals surface area contributed by atoms with Crippen LogP contribution in [0.5, 0.6) is 0 Å². The standard InChI is InChI=1S/C16H18N2O4S/c1-11-9-13-3-2-4-14(15(13)17-10-11)23(21,22)18-7-5-12(6-8-18)16(19)20/h2-4,9-10,12H,5-8H2,1H3,(H,19,20). The second-order valence-electron chi connectivity index (χ2n) is 5.86. The van der Waals surface area contributed by atoms with E-state index in [4.69, 9.17) is 5.11 Å². The lowest BCUT2D eigenvalue weighted by Gasteiger charge is -2.29. The maximum atomic E-state index is 12.9. The zero-order chi connectivity index (χ0) is 16.6. The SMILES string of the molecule is Cc1cnc2c(S(=O)(=O)N3CCC(C(=O)O)CC3)cccc2c1. The lowest BCUT2D eigenvalue weighted by molar-refractivity contribution is -0.142. The molecule has 0 bridgehead atoms. The van der Waals surface area contributed by atoms with Crippen molar-refractivity contribution in [2.75, 3.05) is 13.1 Å². The number of rotatable bonds is 3. The van der Waals surface area contributed by atoms with Crippen LogP contribution in [-0.4, -0.2) is 41.9 Å². The van der Waals surface area contributed by atoms with E-state index in [2.05, 4.69) is 4.98 Å². The molecule has 1 saturated heterocycles. The highest BCUT2D eigenvalue weighted by molar-refractivity contribution is 7.89. The third-order valence-corrected chi connectivity index (χ3v) is 6.16. The highest BCUT2D eigenvalue weighted by atomic mass is 32.2. The topological polar surface area (TPSA) is 87.6 Å². The third-order valence-electron chi connectivity index (χ3n) is 4.23. The summed E-state index contributed by atoms with van der Waals surface area (Å²) in [5, 5.41) is 9.82. The summed E-state index contributed by atoms with van der Waals surface area (Å²) in [6.45, 7) is 2.35. The molecule has 2 heterocycles. The highest BCUT2D eigenvalue weighted by Gasteiger charge is 2.33. The summed E-state index contributed by atoms with van der Waals surface area (Å²) in [6.07, 6.45) is 2.33. The van der Waals surface area contributed by atoms with E-state index in [0.29, 0.717) is 18.4 Å². The zero-order valence-electron chi connectivity index (χ0n) is 12.8. The number of sulfonamides is 1. The minimum Gasteiger partial charge on any atom is -0.481 e. The number of para-hydroxylation sites is 1. The van der Waals surface area contributed by atoms with Crippen molar-refractivity contribution in [3.63, 3.8) is 0 Å². The van der Waals surface area contributed by atoms with Crippen molar-refractivity contribution >= 4 is 26.9 Å². The average Bonchev–Trinajstić information content (AvgIpc) is 2.54. The molecule has 6 nitrogen and oxygen atoms in total. The number of pyridine rings is 1. The van der Waals surface area contributed by atoms with Crippen LogP contribution in [0.25, 0.3) is 10.9 Å². The first kappa shape index (κ1) is 15.9. The van der Waals surface area contributed by atoms with Gasteiger partial charge in [0.25, 0.3) is 0 Å². The molecule has 1 N–H and O–H groups in total. The first-order valence-electron chi connectivity index (χ1n) is 7.48. The molecule has 0 aliphatic carbocycles. The summed E-state index contributed by atoms with van der Waals surface area (Å²) < 4.78 is 27.2. The Labute approximate surface area is 134 Å². The smallest absolute Gasteiger partial charge is 0.306 e. The highest BCUT2D eigenvalue weighted by Crippen LogP contribution is 2.28. The second kappa shape index (κ2) is 5.90. The molecule has 2 aromatic rings. The van der Waals surface area contributed by atoms with E-state index < -0.39 is 21.9 Å². The van der Waals surface area contributed by atoms with Crippen molar-refractivity contribution < 1.29 is 18.3 Å². The largest absolute Gasteiger partial charge is 0.481 e. The molecule has 0 saturated carbocycles. The van der Waals surface area contributed by atoms with Gasteiger partial charge in [-0.05, 0) is 37.5 Å². The molecular formula is C16H18N2O4S. The number of fused-ring (bicyclic) bond motifs is 1. The Kier molecular flexibility index (Phi) is 4.08. The van der Waals surface area contributed by atoms with Crippen molar-refractivity contribution in [1.29, 1.82) is 0 Å². The maximum absolute atomic E-state index is 12.9. The monoisotopic (exact) mass is 334 g/mol. The Bertz CT molecular complexity index is 856. The van der Waals surface area contributed by atoms with E-state index in [-0.39, 0.29) is 18.0 Å². The predicted octanol–water partition coefficient (Wildman–Crippen LogP) is 2.03. The molecule has 0 radical (unpaired) electrons. The normalized spacial score (nSPS) is 17.4. The number of carbonyl (C=O) groups is 1. The van der Waals surface area contributed by atoms with Gasteiger partial charge in [-0.25, -0.2) is 8.42 Å². The molecule has 1 fully saturated rings. The van der Waals surface area contributed by atoms with E-state index in [1.165, 1.54) is 4.31 Å². The molecule has 1 aromatic heterocycles. The lowest BCUT2D eigenvalue weighted by atomic mass is 9.99. The van der Waals surface area contributed by atoms with Crippen molar-refractivity contribution in [2.24, 2.45) is 5.92 Å². The minimum absolute atomic E-state index is 0.184. The van der Waals surface area contributed by atoms with Crippen LogP contribution in [0.15, 0.2) is 35.4 Å². The summed E-state index contributed by atoms with van der Waals surface area (Å²) in [6, 6.07) is 7.01. The quantitative estimate of drug-likeness (QED) is 0.928. The Hall–Kier alpha value is -1.99. The van der Waals surface area contributed by atoms with Crippen LogP contribution in [0.1, 0.15) is 18.4 Å². The molecule has 0 spiro atoms. The van der Waals surface area contributed by atoms with E-state index in [1.807, 2.05) is 19.1 Å². The number of aliphatic carboxylic acids is 1. The summed E-state index contributed by atoms with van der Waals surface area (Å²) in [4.78, 5) is 15.5. The molecule has 0 unspecified atom stereocenters. The summed E-state index contributed by atoms with van der Waals surface area (Å²) >= 11 is 0. The summed E-state index contributed by atoms with van der Waals surface area (Å²) in [5.41, 5.74) is 1.42. The van der Waals surface area contributed by atoms with Gasteiger partial charge in [-0.1, -0.05) is 12.1 Å². The van der Waals surface area contributed by atoms with E-state index in [1.54, 1.807) is 18.3 Å². The van der Waals surface area contributed by atoms with Crippen LogP contribution in [0.2, 0.25) is 0 Å². The van der Waals surface area contributed by atoms with Crippen LogP contribution in [0.4, 0.5) is 0 Å². The van der Waals surface area contributed by atoms with Crippen molar-refractivity contribution in [3.05, 3.63) is 36.0 Å². The molecule has 1 aliphatic rings. The van der Waals surface area contributed by atoms with Gasteiger partial charge in [0.2, 0.25) is 10.0 Å². The van der Waals surface area contributed by atoms with Crippen molar-refractivity contribution in [3.8, 4) is 0 Å². The first-order chi connectivity index (χ1) is 10.9. The number of hydrogen-bond donors (Lipinski definition) is 1. The van der Waals surface area contributed by atoms with Crippen LogP contribution in [0.3, 0.4) is 0 Å². The Morgan fingerprint density at radius 2 is 2.00 bits per heavy atom. The number of aromatic nitrogens is 1. The van der Waals surface area contributed by atoms with Crippen molar-refractivity contribution in [2.45, 2.75) is 24.7 Å². The fourth-order valence-electron chi connectivity index (χ4n) is 2.93. The minimum atomic E-state index is -3.67.